The second kappa shape index (κ2) is 10.6. The zero-order chi connectivity index (χ0) is 23.2. The minimum absolute atomic E-state index is 0.00386. The molecular formula is C25H31N3O5. The van der Waals surface area contributed by atoms with Crippen molar-refractivity contribution in [2.24, 2.45) is 0 Å². The Bertz CT molecular complexity index is 996. The van der Waals surface area contributed by atoms with Crippen molar-refractivity contribution in [1.82, 2.24) is 9.80 Å². The molecule has 0 aliphatic carbocycles. The molecule has 8 nitrogen and oxygen atoms in total. The topological polar surface area (TPSA) is 71.6 Å². The molecule has 2 aromatic carbocycles. The summed E-state index contributed by atoms with van der Waals surface area (Å²) in [6.45, 7) is 5.76. The van der Waals surface area contributed by atoms with Crippen LogP contribution in [0.2, 0.25) is 0 Å². The highest BCUT2D eigenvalue weighted by atomic mass is 16.6. The number of ether oxygens (including phenoxy) is 3. The second-order valence-corrected chi connectivity index (χ2v) is 8.37. The van der Waals surface area contributed by atoms with Gasteiger partial charge >= 0.3 is 0 Å². The third-order valence-corrected chi connectivity index (χ3v) is 5.93. The molecule has 0 unspecified atom stereocenters. The molecule has 2 heterocycles. The molecule has 2 aliphatic rings. The molecule has 8 heteroatoms. The molecule has 2 aromatic rings. The van der Waals surface area contributed by atoms with Gasteiger partial charge in [0.2, 0.25) is 5.91 Å². The Hall–Kier alpha value is -3.26. The molecule has 0 N–H and O–H groups in total. The number of hydrogen-bond donors (Lipinski definition) is 0. The monoisotopic (exact) mass is 453 g/mol. The first kappa shape index (κ1) is 22.9. The van der Waals surface area contributed by atoms with Crippen molar-refractivity contribution in [2.75, 3.05) is 57.9 Å². The summed E-state index contributed by atoms with van der Waals surface area (Å²) >= 11 is 0. The molecule has 176 valence electrons. The number of carbonyl (C=O) groups is 2. The van der Waals surface area contributed by atoms with E-state index in [0.29, 0.717) is 50.1 Å². The van der Waals surface area contributed by atoms with Crippen LogP contribution < -0.4 is 19.1 Å². The second-order valence-electron chi connectivity index (χ2n) is 8.37. The number of benzene rings is 2. The maximum atomic E-state index is 13.2. The summed E-state index contributed by atoms with van der Waals surface area (Å²) in [4.78, 5) is 31.4. The van der Waals surface area contributed by atoms with Gasteiger partial charge in [0.1, 0.15) is 19.0 Å². The van der Waals surface area contributed by atoms with E-state index < -0.39 is 0 Å². The molecule has 0 fully saturated rings. The van der Waals surface area contributed by atoms with Crippen LogP contribution in [0, 0.1) is 0 Å². The van der Waals surface area contributed by atoms with Gasteiger partial charge in [-0.3, -0.25) is 9.59 Å². The number of rotatable bonds is 3. The Morgan fingerprint density at radius 2 is 1.76 bits per heavy atom. The first-order valence-corrected chi connectivity index (χ1v) is 11.4. The van der Waals surface area contributed by atoms with E-state index in [4.69, 9.17) is 14.2 Å². The number of amides is 2. The number of para-hydroxylation sites is 1. The van der Waals surface area contributed by atoms with Gasteiger partial charge in [-0.05, 0) is 43.8 Å². The van der Waals surface area contributed by atoms with Crippen LogP contribution in [0.5, 0.6) is 17.2 Å². The lowest BCUT2D eigenvalue weighted by Gasteiger charge is -2.27. The van der Waals surface area contributed by atoms with Crippen molar-refractivity contribution in [1.29, 1.82) is 0 Å². The zero-order valence-corrected chi connectivity index (χ0v) is 19.3. The summed E-state index contributed by atoms with van der Waals surface area (Å²) in [6.07, 6.45) is 0.867. The summed E-state index contributed by atoms with van der Waals surface area (Å²) in [5.74, 6) is 1.76. The summed E-state index contributed by atoms with van der Waals surface area (Å²) in [5.41, 5.74) is 1.81. The lowest BCUT2D eigenvalue weighted by atomic mass is 10.1. The van der Waals surface area contributed by atoms with Gasteiger partial charge in [-0.15, -0.1) is 0 Å². The van der Waals surface area contributed by atoms with Gasteiger partial charge in [0.05, 0.1) is 0 Å². The molecule has 0 saturated heterocycles. The normalized spacial score (nSPS) is 17.0. The Balaban J connectivity index is 1.50. The number of hydrogen-bond acceptors (Lipinski definition) is 6. The molecule has 4 rings (SSSR count). The molecule has 0 atom stereocenters. The molecule has 2 amide bonds. The Kier molecular flexibility index (Phi) is 7.34. The molecule has 33 heavy (non-hydrogen) atoms. The van der Waals surface area contributed by atoms with Gasteiger partial charge in [-0.25, -0.2) is 0 Å². The Morgan fingerprint density at radius 1 is 0.970 bits per heavy atom. The predicted molar refractivity (Wildman–Crippen MR) is 125 cm³/mol. The fourth-order valence-corrected chi connectivity index (χ4v) is 4.10. The van der Waals surface area contributed by atoms with Gasteiger partial charge < -0.3 is 28.9 Å². The third kappa shape index (κ3) is 5.76. The number of anilines is 1. The highest BCUT2D eigenvalue weighted by Crippen LogP contribution is 2.33. The van der Waals surface area contributed by atoms with Gasteiger partial charge in [0.25, 0.3) is 5.91 Å². The molecular weight excluding hydrogens is 422 g/mol. The summed E-state index contributed by atoms with van der Waals surface area (Å²) in [7, 11) is 2.04. The number of nitrogens with zero attached hydrogens (tertiary/aromatic N) is 3. The Labute approximate surface area is 194 Å². The molecule has 2 aliphatic heterocycles. The van der Waals surface area contributed by atoms with E-state index in [1.807, 2.05) is 36.2 Å². The third-order valence-electron chi connectivity index (χ3n) is 5.93. The van der Waals surface area contributed by atoms with Gasteiger partial charge in [0, 0.05) is 44.9 Å². The van der Waals surface area contributed by atoms with E-state index in [9.17, 15) is 9.59 Å². The zero-order valence-electron chi connectivity index (χ0n) is 19.3. The quantitative estimate of drug-likeness (QED) is 0.711. The van der Waals surface area contributed by atoms with Crippen LogP contribution in [-0.4, -0.2) is 74.7 Å². The lowest BCUT2D eigenvalue weighted by molar-refractivity contribution is -0.134. The predicted octanol–water partition coefficient (Wildman–Crippen LogP) is 2.55. The van der Waals surface area contributed by atoms with Crippen molar-refractivity contribution >= 4 is 17.5 Å². The fourth-order valence-electron chi connectivity index (χ4n) is 4.10. The molecule has 0 saturated carbocycles. The fraction of sp³-hybridized carbons (Fsp3) is 0.440. The van der Waals surface area contributed by atoms with E-state index in [1.54, 1.807) is 30.0 Å². The standard InChI is InChI=1S/C25H31N3O5/c1-19(29)28-11-5-10-26(2)12-13-27(17-20-6-3-4-7-22(20)28)25(30)18-33-21-8-9-23-24(16-21)32-15-14-31-23/h3-4,6-9,16H,5,10-15,17-18H2,1-2H3. The largest absolute Gasteiger partial charge is 0.486 e. The SMILES string of the molecule is CC(=O)N1CCCN(C)CCN(C(=O)COc2ccc3c(c2)OCCO3)Cc2ccccc21. The van der Waals surface area contributed by atoms with Crippen molar-refractivity contribution in [3.05, 3.63) is 48.0 Å². The summed E-state index contributed by atoms with van der Waals surface area (Å²) < 4.78 is 16.9. The molecule has 0 spiro atoms. The van der Waals surface area contributed by atoms with Crippen LogP contribution in [0.25, 0.3) is 0 Å². The number of fused-ring (bicyclic) bond motifs is 2. The molecule has 0 aromatic heterocycles. The maximum absolute atomic E-state index is 13.2. The first-order valence-electron chi connectivity index (χ1n) is 11.4. The van der Waals surface area contributed by atoms with Crippen molar-refractivity contribution in [3.8, 4) is 17.2 Å². The first-order chi connectivity index (χ1) is 16.0. The van der Waals surface area contributed by atoms with Crippen LogP contribution in [0.1, 0.15) is 18.9 Å². The highest BCUT2D eigenvalue weighted by Gasteiger charge is 2.22. The smallest absolute Gasteiger partial charge is 0.260 e. The van der Waals surface area contributed by atoms with Crippen molar-refractivity contribution in [2.45, 2.75) is 19.9 Å². The Morgan fingerprint density at radius 3 is 2.58 bits per heavy atom. The van der Waals surface area contributed by atoms with E-state index >= 15 is 0 Å². The van der Waals surface area contributed by atoms with Crippen molar-refractivity contribution in [3.63, 3.8) is 0 Å². The highest BCUT2D eigenvalue weighted by molar-refractivity contribution is 5.92. The number of likely N-dealkylation sites (N-methyl/N-ethyl adjacent to an activating group) is 1. The minimum Gasteiger partial charge on any atom is -0.486 e. The van der Waals surface area contributed by atoms with Crippen LogP contribution in [0.4, 0.5) is 5.69 Å². The van der Waals surface area contributed by atoms with Crippen molar-refractivity contribution < 1.29 is 23.8 Å². The van der Waals surface area contributed by atoms with Gasteiger partial charge in [-0.2, -0.15) is 0 Å². The average Bonchev–Trinajstić information content (AvgIpc) is 2.85. The maximum Gasteiger partial charge on any atom is 0.260 e. The van der Waals surface area contributed by atoms with E-state index in [0.717, 1.165) is 30.8 Å². The molecule has 0 radical (unpaired) electrons. The van der Waals surface area contributed by atoms with E-state index in [-0.39, 0.29) is 18.4 Å². The van der Waals surface area contributed by atoms with Gasteiger partial charge in [0.15, 0.2) is 18.1 Å². The molecule has 0 bridgehead atoms. The van der Waals surface area contributed by atoms with E-state index in [2.05, 4.69) is 4.90 Å². The summed E-state index contributed by atoms with van der Waals surface area (Å²) in [6, 6.07) is 13.1. The summed E-state index contributed by atoms with van der Waals surface area (Å²) in [5, 5.41) is 0. The lowest BCUT2D eigenvalue weighted by Crippen LogP contribution is -2.39. The van der Waals surface area contributed by atoms with Crippen LogP contribution >= 0.6 is 0 Å². The van der Waals surface area contributed by atoms with Crippen LogP contribution in [-0.2, 0) is 16.1 Å². The minimum atomic E-state index is -0.110. The van der Waals surface area contributed by atoms with Crippen LogP contribution in [0.15, 0.2) is 42.5 Å². The average molecular weight is 454 g/mol. The van der Waals surface area contributed by atoms with Gasteiger partial charge in [-0.1, -0.05) is 18.2 Å². The van der Waals surface area contributed by atoms with E-state index in [1.165, 1.54) is 0 Å². The number of carbonyl (C=O) groups excluding carboxylic acids is 2. The van der Waals surface area contributed by atoms with Crippen LogP contribution in [0.3, 0.4) is 0 Å².